The van der Waals surface area contributed by atoms with Crippen molar-refractivity contribution in [3.63, 3.8) is 0 Å². The van der Waals surface area contributed by atoms with Crippen molar-refractivity contribution in [2.24, 2.45) is 0 Å². The molecule has 0 saturated carbocycles. The van der Waals surface area contributed by atoms with E-state index >= 15 is 0 Å². The van der Waals surface area contributed by atoms with Crippen molar-refractivity contribution in [3.05, 3.63) is 41.7 Å². The van der Waals surface area contributed by atoms with Gasteiger partial charge in [0, 0.05) is 6.07 Å². The molecule has 8 heteroatoms. The van der Waals surface area contributed by atoms with Crippen LogP contribution in [0, 0.1) is 18.3 Å². The van der Waals surface area contributed by atoms with Crippen molar-refractivity contribution in [1.82, 2.24) is 4.98 Å². The SMILES string of the molecule is CC.Cc1cc(Oc2cncc(O)c2C#N)cc(S(=O)(=O)O)c1. The number of aromatic nitrogens is 1. The summed E-state index contributed by atoms with van der Waals surface area (Å²) in [6.45, 7) is 5.62. The molecule has 0 fully saturated rings. The van der Waals surface area contributed by atoms with Crippen molar-refractivity contribution < 1.29 is 22.8 Å². The second-order valence-electron chi connectivity index (χ2n) is 4.20. The molecule has 0 unspecified atom stereocenters. The van der Waals surface area contributed by atoms with Crippen LogP contribution < -0.4 is 4.74 Å². The number of rotatable bonds is 3. The fraction of sp³-hybridized carbons (Fsp3) is 0.200. The van der Waals surface area contributed by atoms with Gasteiger partial charge in [0.15, 0.2) is 11.5 Å². The zero-order valence-corrected chi connectivity index (χ0v) is 13.6. The maximum atomic E-state index is 11.2. The van der Waals surface area contributed by atoms with Gasteiger partial charge in [-0.15, -0.1) is 0 Å². The molecule has 0 aliphatic carbocycles. The number of pyridine rings is 1. The van der Waals surface area contributed by atoms with Gasteiger partial charge in [-0.2, -0.15) is 13.7 Å². The lowest BCUT2D eigenvalue weighted by molar-refractivity contribution is 0.445. The zero-order valence-electron chi connectivity index (χ0n) is 12.8. The third-order valence-electron chi connectivity index (χ3n) is 2.55. The molecule has 0 saturated heterocycles. The van der Waals surface area contributed by atoms with Crippen molar-refractivity contribution in [3.8, 4) is 23.3 Å². The lowest BCUT2D eigenvalue weighted by Gasteiger charge is -2.09. The monoisotopic (exact) mass is 336 g/mol. The largest absolute Gasteiger partial charge is 0.505 e. The first-order valence-corrected chi connectivity index (χ1v) is 8.09. The minimum absolute atomic E-state index is 0.0237. The van der Waals surface area contributed by atoms with Crippen LogP contribution in [0.2, 0.25) is 0 Å². The number of nitriles is 1. The molecule has 122 valence electrons. The second kappa shape index (κ2) is 7.58. The molecule has 0 bridgehead atoms. The van der Waals surface area contributed by atoms with Crippen LogP contribution in [-0.2, 0) is 10.1 Å². The number of benzene rings is 1. The van der Waals surface area contributed by atoms with Gasteiger partial charge in [0.25, 0.3) is 10.1 Å². The van der Waals surface area contributed by atoms with Crippen molar-refractivity contribution in [2.45, 2.75) is 25.7 Å². The number of nitrogens with zero attached hydrogens (tertiary/aromatic N) is 2. The van der Waals surface area contributed by atoms with Gasteiger partial charge in [0.05, 0.1) is 17.3 Å². The van der Waals surface area contributed by atoms with E-state index in [1.807, 2.05) is 13.8 Å². The fourth-order valence-electron chi connectivity index (χ4n) is 1.67. The highest BCUT2D eigenvalue weighted by Crippen LogP contribution is 2.31. The third-order valence-corrected chi connectivity index (χ3v) is 3.38. The molecule has 0 radical (unpaired) electrons. The zero-order chi connectivity index (χ0) is 17.6. The van der Waals surface area contributed by atoms with E-state index in [1.54, 1.807) is 13.0 Å². The summed E-state index contributed by atoms with van der Waals surface area (Å²) in [5.41, 5.74) is 0.409. The lowest BCUT2D eigenvalue weighted by Crippen LogP contribution is -1.99. The molecule has 0 aliphatic heterocycles. The first-order chi connectivity index (χ1) is 10.8. The highest BCUT2D eigenvalue weighted by Gasteiger charge is 2.14. The highest BCUT2D eigenvalue weighted by atomic mass is 32.2. The second-order valence-corrected chi connectivity index (χ2v) is 5.62. The number of aryl methyl sites for hydroxylation is 1. The molecule has 1 heterocycles. The Hall–Kier alpha value is -2.63. The van der Waals surface area contributed by atoms with Crippen molar-refractivity contribution in [1.29, 1.82) is 5.26 Å². The van der Waals surface area contributed by atoms with Crippen LogP contribution in [-0.4, -0.2) is 23.1 Å². The number of hydrogen-bond donors (Lipinski definition) is 2. The molecule has 2 rings (SSSR count). The average molecular weight is 336 g/mol. The van der Waals surface area contributed by atoms with E-state index in [1.165, 1.54) is 18.3 Å². The van der Waals surface area contributed by atoms with Crippen LogP contribution in [0.4, 0.5) is 0 Å². The molecule has 0 atom stereocenters. The van der Waals surface area contributed by atoms with Crippen LogP contribution in [0.3, 0.4) is 0 Å². The minimum atomic E-state index is -4.37. The van der Waals surface area contributed by atoms with E-state index in [-0.39, 0.29) is 27.7 Å². The predicted octanol–water partition coefficient (Wildman–Crippen LogP) is 3.03. The standard InChI is InChI=1S/C13H10N2O5S.C2H6/c1-8-2-9(4-10(3-8)21(17,18)19)20-13-7-15-6-12(16)11(13)5-14;1-2/h2-4,6-7,16H,1H3,(H,17,18,19);1-2H3. The third kappa shape index (κ3) is 4.67. The molecule has 1 aromatic carbocycles. The van der Waals surface area contributed by atoms with E-state index in [0.29, 0.717) is 5.56 Å². The average Bonchev–Trinajstić information content (AvgIpc) is 2.48. The Labute approximate surface area is 134 Å². The Morgan fingerprint density at radius 1 is 1.22 bits per heavy atom. The van der Waals surface area contributed by atoms with E-state index in [9.17, 15) is 13.5 Å². The number of hydrogen-bond acceptors (Lipinski definition) is 6. The lowest BCUT2D eigenvalue weighted by atomic mass is 10.2. The van der Waals surface area contributed by atoms with Crippen molar-refractivity contribution in [2.75, 3.05) is 0 Å². The number of aromatic hydroxyl groups is 1. The summed E-state index contributed by atoms with van der Waals surface area (Å²) in [7, 11) is -4.37. The summed E-state index contributed by atoms with van der Waals surface area (Å²) < 4.78 is 36.8. The van der Waals surface area contributed by atoms with Gasteiger partial charge in [0.2, 0.25) is 0 Å². The van der Waals surface area contributed by atoms with Crippen LogP contribution in [0.1, 0.15) is 25.0 Å². The van der Waals surface area contributed by atoms with Gasteiger partial charge in [-0.25, -0.2) is 0 Å². The van der Waals surface area contributed by atoms with E-state index in [4.69, 9.17) is 14.6 Å². The quantitative estimate of drug-likeness (QED) is 0.826. The molecule has 7 nitrogen and oxygen atoms in total. The number of ether oxygens (including phenoxy) is 1. The van der Waals surface area contributed by atoms with Gasteiger partial charge >= 0.3 is 0 Å². The molecule has 1 aromatic heterocycles. The fourth-order valence-corrected chi connectivity index (χ4v) is 2.27. The molecule has 2 N–H and O–H groups in total. The Balaban J connectivity index is 0.00000127. The summed E-state index contributed by atoms with van der Waals surface area (Å²) in [5.74, 6) is -0.284. The van der Waals surface area contributed by atoms with Crippen LogP contribution in [0.5, 0.6) is 17.2 Å². The van der Waals surface area contributed by atoms with E-state index in [0.717, 1.165) is 12.3 Å². The van der Waals surface area contributed by atoms with Gasteiger partial charge < -0.3 is 9.84 Å². The maximum absolute atomic E-state index is 11.2. The molecule has 23 heavy (non-hydrogen) atoms. The molecular weight excluding hydrogens is 320 g/mol. The predicted molar refractivity (Wildman–Crippen MR) is 83.0 cm³/mol. The maximum Gasteiger partial charge on any atom is 0.294 e. The van der Waals surface area contributed by atoms with E-state index < -0.39 is 10.1 Å². The Kier molecular flexibility index (Phi) is 6.07. The van der Waals surface area contributed by atoms with Crippen LogP contribution >= 0.6 is 0 Å². The minimum Gasteiger partial charge on any atom is -0.505 e. The topological polar surface area (TPSA) is 121 Å². The molecular formula is C15H16N2O5S. The first-order valence-electron chi connectivity index (χ1n) is 6.65. The summed E-state index contributed by atoms with van der Waals surface area (Å²) >= 11 is 0. The van der Waals surface area contributed by atoms with Crippen LogP contribution in [0.25, 0.3) is 0 Å². The smallest absolute Gasteiger partial charge is 0.294 e. The van der Waals surface area contributed by atoms with E-state index in [2.05, 4.69) is 4.98 Å². The van der Waals surface area contributed by atoms with Crippen molar-refractivity contribution >= 4 is 10.1 Å². The van der Waals surface area contributed by atoms with Gasteiger partial charge in [-0.05, 0) is 24.6 Å². The molecule has 0 aliphatic rings. The van der Waals surface area contributed by atoms with Gasteiger partial charge in [-0.3, -0.25) is 9.54 Å². The molecule has 0 spiro atoms. The van der Waals surface area contributed by atoms with Crippen LogP contribution in [0.15, 0.2) is 35.5 Å². The normalized spacial score (nSPS) is 10.2. The Morgan fingerprint density at radius 3 is 2.43 bits per heavy atom. The summed E-state index contributed by atoms with van der Waals surface area (Å²) in [6, 6.07) is 5.65. The summed E-state index contributed by atoms with van der Waals surface area (Å²) in [5, 5.41) is 18.5. The first kappa shape index (κ1) is 18.4. The Bertz CT molecular complexity index is 841. The van der Waals surface area contributed by atoms with Gasteiger partial charge in [-0.1, -0.05) is 13.8 Å². The molecule has 0 amide bonds. The summed E-state index contributed by atoms with van der Waals surface area (Å²) in [6.07, 6.45) is 2.30. The molecule has 2 aromatic rings. The summed E-state index contributed by atoms with van der Waals surface area (Å²) in [4.78, 5) is 3.36. The Morgan fingerprint density at radius 2 is 1.87 bits per heavy atom. The highest BCUT2D eigenvalue weighted by molar-refractivity contribution is 7.85. The van der Waals surface area contributed by atoms with Gasteiger partial charge in [0.1, 0.15) is 17.4 Å².